The van der Waals surface area contributed by atoms with E-state index in [4.69, 9.17) is 4.74 Å². The Balaban J connectivity index is 2.64. The van der Waals surface area contributed by atoms with Crippen LogP contribution in [0, 0.1) is 6.92 Å². The molecule has 3 heteroatoms. The van der Waals surface area contributed by atoms with Gasteiger partial charge in [0.15, 0.2) is 0 Å². The number of pyridine rings is 1. The summed E-state index contributed by atoms with van der Waals surface area (Å²) < 4.78 is 5.12. The second kappa shape index (κ2) is 8.20. The largest absolute Gasteiger partial charge is 0.385 e. The third-order valence-corrected chi connectivity index (χ3v) is 2.91. The quantitative estimate of drug-likeness (QED) is 0.705. The van der Waals surface area contributed by atoms with Crippen LogP contribution in [0.1, 0.15) is 43.5 Å². The highest BCUT2D eigenvalue weighted by Gasteiger charge is 2.12. The van der Waals surface area contributed by atoms with Crippen molar-refractivity contribution in [1.29, 1.82) is 0 Å². The van der Waals surface area contributed by atoms with E-state index in [0.29, 0.717) is 6.04 Å². The van der Waals surface area contributed by atoms with E-state index < -0.39 is 0 Å². The van der Waals surface area contributed by atoms with E-state index in [9.17, 15) is 0 Å². The van der Waals surface area contributed by atoms with Crippen LogP contribution in [-0.2, 0) is 4.74 Å². The molecule has 96 valence electrons. The van der Waals surface area contributed by atoms with E-state index >= 15 is 0 Å². The van der Waals surface area contributed by atoms with Gasteiger partial charge in [-0.2, -0.15) is 0 Å². The van der Waals surface area contributed by atoms with Crippen molar-refractivity contribution in [2.24, 2.45) is 0 Å². The smallest absolute Gasteiger partial charge is 0.0462 e. The molecular formula is C14H24N2O. The predicted octanol–water partition coefficient (Wildman–Crippen LogP) is 2.86. The zero-order valence-corrected chi connectivity index (χ0v) is 11.2. The zero-order valence-electron chi connectivity index (χ0n) is 11.2. The number of aromatic nitrogens is 1. The van der Waals surface area contributed by atoms with E-state index in [2.05, 4.69) is 30.2 Å². The summed E-state index contributed by atoms with van der Waals surface area (Å²) in [6.07, 6.45) is 5.18. The van der Waals surface area contributed by atoms with Crippen molar-refractivity contribution in [2.45, 2.75) is 39.2 Å². The lowest BCUT2D eigenvalue weighted by atomic mass is 10.0. The molecular weight excluding hydrogens is 212 g/mol. The molecule has 3 nitrogen and oxygen atoms in total. The molecule has 0 amide bonds. The molecule has 1 heterocycles. The van der Waals surface area contributed by atoms with Crippen molar-refractivity contribution in [3.8, 4) is 0 Å². The first-order chi connectivity index (χ1) is 8.29. The molecule has 0 radical (unpaired) electrons. The lowest BCUT2D eigenvalue weighted by Gasteiger charge is -2.20. The number of hydrogen-bond donors (Lipinski definition) is 1. The fourth-order valence-corrected chi connectivity index (χ4v) is 1.98. The van der Waals surface area contributed by atoms with Gasteiger partial charge in [0.05, 0.1) is 0 Å². The maximum Gasteiger partial charge on any atom is 0.0462 e. The Bertz CT molecular complexity index is 315. The Hall–Kier alpha value is -0.930. The number of ether oxygens (including phenoxy) is 1. The minimum Gasteiger partial charge on any atom is -0.385 e. The van der Waals surface area contributed by atoms with Gasteiger partial charge in [0.2, 0.25) is 0 Å². The standard InChI is InChI=1S/C14H24N2O/c1-4-9-16-14(8-6-11-17-3)13-7-5-10-15-12(13)2/h5,7,10,14,16H,4,6,8-9,11H2,1-3H3. The molecule has 1 rings (SSSR count). The summed E-state index contributed by atoms with van der Waals surface area (Å²) in [5.41, 5.74) is 2.44. The molecule has 0 aromatic carbocycles. The van der Waals surface area contributed by atoms with E-state index in [0.717, 1.165) is 38.1 Å². The van der Waals surface area contributed by atoms with Gasteiger partial charge in [0, 0.05) is 31.6 Å². The molecule has 0 saturated carbocycles. The summed E-state index contributed by atoms with van der Waals surface area (Å²) in [5.74, 6) is 0. The molecule has 1 aromatic heterocycles. The van der Waals surface area contributed by atoms with Crippen LogP contribution < -0.4 is 5.32 Å². The highest BCUT2D eigenvalue weighted by Crippen LogP contribution is 2.20. The van der Waals surface area contributed by atoms with Crippen molar-refractivity contribution in [2.75, 3.05) is 20.3 Å². The minimum atomic E-state index is 0.402. The number of rotatable bonds is 8. The predicted molar refractivity (Wildman–Crippen MR) is 71.1 cm³/mol. The number of nitrogens with one attached hydrogen (secondary N) is 1. The Morgan fingerprint density at radius 1 is 1.47 bits per heavy atom. The third-order valence-electron chi connectivity index (χ3n) is 2.91. The summed E-state index contributed by atoms with van der Waals surface area (Å²) in [5, 5.41) is 3.59. The monoisotopic (exact) mass is 236 g/mol. The summed E-state index contributed by atoms with van der Waals surface area (Å²) in [6, 6.07) is 4.58. The molecule has 1 unspecified atom stereocenters. The Kier molecular flexibility index (Phi) is 6.82. The topological polar surface area (TPSA) is 34.1 Å². The van der Waals surface area contributed by atoms with Gasteiger partial charge in [-0.05, 0) is 44.4 Å². The van der Waals surface area contributed by atoms with Gasteiger partial charge in [-0.15, -0.1) is 0 Å². The average molecular weight is 236 g/mol. The third kappa shape index (κ3) is 4.84. The van der Waals surface area contributed by atoms with Crippen LogP contribution >= 0.6 is 0 Å². The van der Waals surface area contributed by atoms with Crippen LogP contribution in [-0.4, -0.2) is 25.2 Å². The van der Waals surface area contributed by atoms with Gasteiger partial charge in [-0.25, -0.2) is 0 Å². The molecule has 0 fully saturated rings. The van der Waals surface area contributed by atoms with Crippen molar-refractivity contribution in [3.05, 3.63) is 29.6 Å². The molecule has 0 saturated heterocycles. The van der Waals surface area contributed by atoms with Crippen molar-refractivity contribution < 1.29 is 4.74 Å². The van der Waals surface area contributed by atoms with Crippen LogP contribution in [0.5, 0.6) is 0 Å². The van der Waals surface area contributed by atoms with Crippen molar-refractivity contribution in [3.63, 3.8) is 0 Å². The number of aryl methyl sites for hydroxylation is 1. The molecule has 0 bridgehead atoms. The van der Waals surface area contributed by atoms with E-state index in [1.165, 1.54) is 5.56 Å². The van der Waals surface area contributed by atoms with Crippen LogP contribution in [0.25, 0.3) is 0 Å². The second-order valence-electron chi connectivity index (χ2n) is 4.32. The molecule has 0 aliphatic heterocycles. The number of hydrogen-bond acceptors (Lipinski definition) is 3. The van der Waals surface area contributed by atoms with Gasteiger partial charge < -0.3 is 10.1 Å². The van der Waals surface area contributed by atoms with Crippen LogP contribution in [0.3, 0.4) is 0 Å². The first kappa shape index (κ1) is 14.1. The van der Waals surface area contributed by atoms with Gasteiger partial charge in [0.1, 0.15) is 0 Å². The SMILES string of the molecule is CCCNC(CCCOC)c1cccnc1C. The summed E-state index contributed by atoms with van der Waals surface area (Å²) in [6.45, 7) is 6.14. The van der Waals surface area contributed by atoms with Gasteiger partial charge in [-0.1, -0.05) is 13.0 Å². The van der Waals surface area contributed by atoms with Gasteiger partial charge in [-0.3, -0.25) is 4.98 Å². The fourth-order valence-electron chi connectivity index (χ4n) is 1.98. The first-order valence-electron chi connectivity index (χ1n) is 6.43. The zero-order chi connectivity index (χ0) is 12.5. The van der Waals surface area contributed by atoms with Crippen molar-refractivity contribution in [1.82, 2.24) is 10.3 Å². The minimum absolute atomic E-state index is 0.402. The van der Waals surface area contributed by atoms with Gasteiger partial charge in [0.25, 0.3) is 0 Å². The molecule has 1 N–H and O–H groups in total. The highest BCUT2D eigenvalue weighted by atomic mass is 16.5. The molecule has 0 aliphatic rings. The Morgan fingerprint density at radius 3 is 2.94 bits per heavy atom. The fraction of sp³-hybridized carbons (Fsp3) is 0.643. The van der Waals surface area contributed by atoms with E-state index in [1.54, 1.807) is 7.11 Å². The average Bonchev–Trinajstić information content (AvgIpc) is 2.35. The van der Waals surface area contributed by atoms with E-state index in [1.807, 2.05) is 12.3 Å². The summed E-state index contributed by atoms with van der Waals surface area (Å²) >= 11 is 0. The van der Waals surface area contributed by atoms with Crippen molar-refractivity contribution >= 4 is 0 Å². The lowest BCUT2D eigenvalue weighted by Crippen LogP contribution is -2.23. The Morgan fingerprint density at radius 2 is 2.29 bits per heavy atom. The van der Waals surface area contributed by atoms with Crippen LogP contribution in [0.15, 0.2) is 18.3 Å². The van der Waals surface area contributed by atoms with Crippen LogP contribution in [0.4, 0.5) is 0 Å². The normalized spacial score (nSPS) is 12.6. The van der Waals surface area contributed by atoms with Gasteiger partial charge >= 0.3 is 0 Å². The highest BCUT2D eigenvalue weighted by molar-refractivity contribution is 5.22. The molecule has 1 atom stereocenters. The summed E-state index contributed by atoms with van der Waals surface area (Å²) in [4.78, 5) is 4.37. The summed E-state index contributed by atoms with van der Waals surface area (Å²) in [7, 11) is 1.75. The first-order valence-corrected chi connectivity index (χ1v) is 6.43. The lowest BCUT2D eigenvalue weighted by molar-refractivity contribution is 0.188. The maximum absolute atomic E-state index is 5.12. The second-order valence-corrected chi connectivity index (χ2v) is 4.32. The van der Waals surface area contributed by atoms with Crippen LogP contribution in [0.2, 0.25) is 0 Å². The molecule has 17 heavy (non-hydrogen) atoms. The maximum atomic E-state index is 5.12. The molecule has 1 aromatic rings. The van der Waals surface area contributed by atoms with E-state index in [-0.39, 0.29) is 0 Å². The number of nitrogens with zero attached hydrogens (tertiary/aromatic N) is 1. The Labute approximate surface area is 105 Å². The molecule has 0 aliphatic carbocycles. The number of methoxy groups -OCH3 is 1. The molecule has 0 spiro atoms.